The van der Waals surface area contributed by atoms with Gasteiger partial charge in [-0.25, -0.2) is 4.99 Å². The molecule has 3 N–H and O–H groups in total. The van der Waals surface area contributed by atoms with Gasteiger partial charge in [0.2, 0.25) is 0 Å². The third-order valence-corrected chi connectivity index (χ3v) is 6.74. The number of H-pyrrole nitrogens is 1. The zero-order valence-corrected chi connectivity index (χ0v) is 22.2. The molecule has 0 saturated carbocycles. The van der Waals surface area contributed by atoms with Crippen molar-refractivity contribution in [1.29, 1.82) is 0 Å². The molecule has 1 saturated heterocycles. The fraction of sp³-hybridized carbons (Fsp3) is 0.536. The van der Waals surface area contributed by atoms with Gasteiger partial charge < -0.3 is 20.3 Å². The number of carbonyl (C=O) groups is 1. The molecule has 0 spiro atoms. The number of hydrogen-bond donors (Lipinski definition) is 3. The van der Waals surface area contributed by atoms with E-state index in [2.05, 4.69) is 48.0 Å². The van der Waals surface area contributed by atoms with Crippen molar-refractivity contribution in [1.82, 2.24) is 25.0 Å². The molecule has 3 heterocycles. The average molecular weight is 493 g/mol. The lowest BCUT2D eigenvalue weighted by atomic mass is 10.0. The first kappa shape index (κ1) is 25.9. The smallest absolute Gasteiger partial charge is 0.251 e. The van der Waals surface area contributed by atoms with Crippen molar-refractivity contribution in [2.24, 2.45) is 16.8 Å². The summed E-state index contributed by atoms with van der Waals surface area (Å²) in [6, 6.07) is 5.82. The minimum absolute atomic E-state index is 0.0651. The monoisotopic (exact) mass is 492 g/mol. The zero-order chi connectivity index (χ0) is 25.8. The number of amides is 1. The summed E-state index contributed by atoms with van der Waals surface area (Å²) in [5.74, 6) is 1.01. The van der Waals surface area contributed by atoms with Crippen LogP contribution in [0.1, 0.15) is 75.8 Å². The molecule has 0 aliphatic carbocycles. The van der Waals surface area contributed by atoms with Gasteiger partial charge in [-0.1, -0.05) is 34.6 Å². The highest BCUT2D eigenvalue weighted by atomic mass is 16.3. The number of aromatic amines is 1. The first-order valence-corrected chi connectivity index (χ1v) is 13.2. The maximum absolute atomic E-state index is 12.6. The lowest BCUT2D eigenvalue weighted by molar-refractivity contribution is 0.0949. The Kier molecular flexibility index (Phi) is 8.14. The van der Waals surface area contributed by atoms with Gasteiger partial charge in [-0.2, -0.15) is 5.10 Å². The van der Waals surface area contributed by atoms with E-state index in [1.54, 1.807) is 12.3 Å². The fourth-order valence-electron chi connectivity index (χ4n) is 4.95. The number of nitrogens with zero attached hydrogens (tertiary/aromatic N) is 4. The Bertz CT molecular complexity index is 1210. The molecule has 1 aliphatic rings. The van der Waals surface area contributed by atoms with Gasteiger partial charge in [0.15, 0.2) is 5.88 Å². The third kappa shape index (κ3) is 5.98. The van der Waals surface area contributed by atoms with E-state index < -0.39 is 0 Å². The highest BCUT2D eigenvalue weighted by Crippen LogP contribution is 2.31. The van der Waals surface area contributed by atoms with E-state index in [1.165, 1.54) is 0 Å². The second-order valence-corrected chi connectivity index (χ2v) is 10.7. The Morgan fingerprint density at radius 3 is 2.64 bits per heavy atom. The Balaban J connectivity index is 1.55. The number of nitrogens with one attached hydrogen (secondary N) is 2. The largest absolute Gasteiger partial charge is 0.494 e. The van der Waals surface area contributed by atoms with Gasteiger partial charge >= 0.3 is 0 Å². The van der Waals surface area contributed by atoms with Crippen LogP contribution in [0, 0.1) is 11.8 Å². The molecule has 0 atom stereocenters. The summed E-state index contributed by atoms with van der Waals surface area (Å²) in [7, 11) is 0. The van der Waals surface area contributed by atoms with Crippen LogP contribution in [-0.4, -0.2) is 62.6 Å². The second-order valence-electron chi connectivity index (χ2n) is 10.7. The van der Waals surface area contributed by atoms with Crippen molar-refractivity contribution < 1.29 is 9.90 Å². The van der Waals surface area contributed by atoms with Crippen LogP contribution in [0.15, 0.2) is 35.6 Å². The Morgan fingerprint density at radius 1 is 1.22 bits per heavy atom. The van der Waals surface area contributed by atoms with E-state index >= 15 is 0 Å². The van der Waals surface area contributed by atoms with Crippen LogP contribution >= 0.6 is 0 Å². The maximum atomic E-state index is 12.6. The molecule has 1 aliphatic heterocycles. The van der Waals surface area contributed by atoms with E-state index in [1.807, 2.05) is 29.9 Å². The Labute approximate surface area is 213 Å². The Morgan fingerprint density at radius 2 is 1.97 bits per heavy atom. The number of fused-ring (bicyclic) bond motifs is 1. The van der Waals surface area contributed by atoms with Gasteiger partial charge in [0, 0.05) is 42.6 Å². The van der Waals surface area contributed by atoms with Crippen LogP contribution in [-0.2, 0) is 0 Å². The lowest BCUT2D eigenvalue weighted by Crippen LogP contribution is -2.36. The van der Waals surface area contributed by atoms with Crippen LogP contribution in [0.25, 0.3) is 10.9 Å². The zero-order valence-electron chi connectivity index (χ0n) is 22.2. The SMILES string of the molecule is CCC(=Nc1cnn(C2CCN(CC(C)C)CC2)c1)c1c(O)[nH]c2ccc(C(=O)NCC(C)C)cc12. The van der Waals surface area contributed by atoms with Crippen molar-refractivity contribution in [2.75, 3.05) is 26.2 Å². The normalized spacial score (nSPS) is 15.9. The predicted molar refractivity (Wildman–Crippen MR) is 145 cm³/mol. The van der Waals surface area contributed by atoms with Gasteiger partial charge in [-0.05, 0) is 49.3 Å². The number of piperidine rings is 1. The van der Waals surface area contributed by atoms with Gasteiger partial charge in [0.25, 0.3) is 5.91 Å². The molecule has 3 aromatic rings. The van der Waals surface area contributed by atoms with Gasteiger partial charge in [0.05, 0.1) is 29.7 Å². The first-order valence-electron chi connectivity index (χ1n) is 13.2. The fourth-order valence-corrected chi connectivity index (χ4v) is 4.95. The van der Waals surface area contributed by atoms with Crippen molar-refractivity contribution in [2.45, 2.75) is 59.9 Å². The van der Waals surface area contributed by atoms with Crippen molar-refractivity contribution >= 4 is 28.2 Å². The van der Waals surface area contributed by atoms with E-state index in [4.69, 9.17) is 4.99 Å². The van der Waals surface area contributed by atoms with E-state index in [-0.39, 0.29) is 11.8 Å². The molecule has 0 bridgehead atoms. The van der Waals surface area contributed by atoms with Crippen LogP contribution < -0.4 is 5.32 Å². The average Bonchev–Trinajstić information content (AvgIpc) is 3.44. The number of aromatic nitrogens is 3. The maximum Gasteiger partial charge on any atom is 0.251 e. The molecule has 1 fully saturated rings. The number of hydrogen-bond acceptors (Lipinski definition) is 5. The van der Waals surface area contributed by atoms with Crippen molar-refractivity contribution in [3.8, 4) is 5.88 Å². The topological polar surface area (TPSA) is 98.5 Å². The highest BCUT2D eigenvalue weighted by Gasteiger charge is 2.22. The van der Waals surface area contributed by atoms with Gasteiger partial charge in [-0.3, -0.25) is 9.48 Å². The molecule has 8 nitrogen and oxygen atoms in total. The third-order valence-electron chi connectivity index (χ3n) is 6.74. The van der Waals surface area contributed by atoms with Crippen LogP contribution in [0.2, 0.25) is 0 Å². The molecular formula is C28H40N6O2. The number of rotatable bonds is 9. The number of aromatic hydroxyl groups is 1. The summed E-state index contributed by atoms with van der Waals surface area (Å²) < 4.78 is 2.05. The molecule has 1 aromatic carbocycles. The summed E-state index contributed by atoms with van der Waals surface area (Å²) in [4.78, 5) is 23.1. The number of aliphatic imine (C=N–C) groups is 1. The van der Waals surface area contributed by atoms with Crippen LogP contribution in [0.3, 0.4) is 0 Å². The summed E-state index contributed by atoms with van der Waals surface area (Å²) >= 11 is 0. The molecule has 0 radical (unpaired) electrons. The number of likely N-dealkylation sites (tertiary alicyclic amines) is 1. The number of benzene rings is 1. The van der Waals surface area contributed by atoms with Crippen molar-refractivity contribution in [3.05, 3.63) is 41.7 Å². The predicted octanol–water partition coefficient (Wildman–Crippen LogP) is 5.28. The number of carbonyl (C=O) groups excluding carboxylic acids is 1. The van der Waals surface area contributed by atoms with E-state index in [0.29, 0.717) is 42.0 Å². The van der Waals surface area contributed by atoms with E-state index in [9.17, 15) is 9.90 Å². The summed E-state index contributed by atoms with van der Waals surface area (Å²) in [5.41, 5.74) is 3.50. The van der Waals surface area contributed by atoms with Crippen LogP contribution in [0.5, 0.6) is 5.88 Å². The first-order chi connectivity index (χ1) is 17.2. The molecule has 1 amide bonds. The molecule has 2 aromatic heterocycles. The second kappa shape index (κ2) is 11.3. The van der Waals surface area contributed by atoms with Crippen LogP contribution in [0.4, 0.5) is 5.69 Å². The summed E-state index contributed by atoms with van der Waals surface area (Å²) in [6.45, 7) is 14.6. The highest BCUT2D eigenvalue weighted by molar-refractivity contribution is 6.14. The van der Waals surface area contributed by atoms with Gasteiger partial charge in [0.1, 0.15) is 5.69 Å². The summed E-state index contributed by atoms with van der Waals surface area (Å²) in [5, 5.41) is 19.1. The van der Waals surface area contributed by atoms with Gasteiger partial charge in [-0.15, -0.1) is 0 Å². The summed E-state index contributed by atoms with van der Waals surface area (Å²) in [6.07, 6.45) is 6.61. The molecular weight excluding hydrogens is 452 g/mol. The molecule has 36 heavy (non-hydrogen) atoms. The quantitative estimate of drug-likeness (QED) is 0.354. The standard InChI is InChI=1S/C28H40N6O2/c1-6-24(31-21-15-30-34(17-21)22-9-11-33(12-10-22)16-19(4)5)26-23-13-20(27(35)29-14-18(2)3)7-8-25(23)32-28(26)36/h7-8,13,15,17-19,22,32,36H,6,9-12,14,16H2,1-5H3,(H,29,35). The molecule has 0 unspecified atom stereocenters. The minimum atomic E-state index is -0.118. The minimum Gasteiger partial charge on any atom is -0.494 e. The molecule has 8 heteroatoms. The van der Waals surface area contributed by atoms with E-state index in [0.717, 1.165) is 54.8 Å². The molecule has 4 rings (SSSR count). The molecule has 194 valence electrons. The lowest BCUT2D eigenvalue weighted by Gasteiger charge is -2.32. The van der Waals surface area contributed by atoms with Crippen molar-refractivity contribution in [3.63, 3.8) is 0 Å². The Hall–Kier alpha value is -3.13.